The summed E-state index contributed by atoms with van der Waals surface area (Å²) in [6, 6.07) is 12.8. The van der Waals surface area contributed by atoms with Crippen LogP contribution in [0.3, 0.4) is 0 Å². The molecule has 1 aromatic heterocycles. The third-order valence-electron chi connectivity index (χ3n) is 5.56. The van der Waals surface area contributed by atoms with Crippen LogP contribution in [0, 0.1) is 5.92 Å². The molecule has 1 fully saturated rings. The molecule has 0 spiro atoms. The van der Waals surface area contributed by atoms with Gasteiger partial charge in [0.1, 0.15) is 0 Å². The Labute approximate surface area is 175 Å². The predicted molar refractivity (Wildman–Crippen MR) is 111 cm³/mol. The third-order valence-corrected chi connectivity index (χ3v) is 6.52. The van der Waals surface area contributed by atoms with E-state index in [-0.39, 0.29) is 16.8 Å². The number of likely N-dealkylation sites (tertiary alicyclic amines) is 1. The van der Waals surface area contributed by atoms with Gasteiger partial charge in [-0.1, -0.05) is 36.4 Å². The number of aliphatic hydroxyl groups is 1. The van der Waals surface area contributed by atoms with Gasteiger partial charge < -0.3 is 5.11 Å². The summed E-state index contributed by atoms with van der Waals surface area (Å²) < 4.78 is 24.2. The van der Waals surface area contributed by atoms with Crippen molar-refractivity contribution in [1.82, 2.24) is 25.5 Å². The number of rotatable bonds is 6. The first-order valence-electron chi connectivity index (χ1n) is 9.72. The molecule has 9 nitrogen and oxygen atoms in total. The van der Waals surface area contributed by atoms with E-state index in [4.69, 9.17) is 5.14 Å². The van der Waals surface area contributed by atoms with Gasteiger partial charge in [0.2, 0.25) is 15.8 Å². The van der Waals surface area contributed by atoms with Crippen LogP contribution in [0.2, 0.25) is 0 Å². The maximum atomic E-state index is 12.1. The van der Waals surface area contributed by atoms with Crippen molar-refractivity contribution in [3.05, 3.63) is 48.0 Å². The van der Waals surface area contributed by atoms with Gasteiger partial charge in [-0.25, -0.2) is 13.6 Å². The van der Waals surface area contributed by atoms with E-state index in [9.17, 15) is 13.5 Å². The number of primary sulfonamides is 1. The van der Waals surface area contributed by atoms with Crippen molar-refractivity contribution in [3.8, 4) is 22.5 Å². The fourth-order valence-corrected chi connectivity index (χ4v) is 4.71. The highest BCUT2D eigenvalue weighted by Gasteiger charge is 2.26. The number of nitrogens with zero attached hydrogens (tertiary/aromatic N) is 4. The highest BCUT2D eigenvalue weighted by Crippen LogP contribution is 2.35. The van der Waals surface area contributed by atoms with Crippen molar-refractivity contribution >= 4 is 10.0 Å². The Balaban J connectivity index is 1.64. The van der Waals surface area contributed by atoms with Gasteiger partial charge in [-0.05, 0) is 53.8 Å². The van der Waals surface area contributed by atoms with Crippen LogP contribution in [-0.4, -0.2) is 58.2 Å². The van der Waals surface area contributed by atoms with Gasteiger partial charge in [-0.2, -0.15) is 5.21 Å². The summed E-state index contributed by atoms with van der Waals surface area (Å²) in [4.78, 5) is 2.28. The molecule has 0 saturated carbocycles. The van der Waals surface area contributed by atoms with Crippen molar-refractivity contribution in [2.75, 3.05) is 13.1 Å². The first-order chi connectivity index (χ1) is 14.3. The van der Waals surface area contributed by atoms with Crippen LogP contribution >= 0.6 is 0 Å². The summed E-state index contributed by atoms with van der Waals surface area (Å²) in [5.41, 5.74) is 2.95. The van der Waals surface area contributed by atoms with Crippen LogP contribution in [0.15, 0.2) is 47.4 Å². The zero-order valence-electron chi connectivity index (χ0n) is 16.6. The molecule has 0 amide bonds. The van der Waals surface area contributed by atoms with E-state index in [0.29, 0.717) is 17.0 Å². The zero-order valence-corrected chi connectivity index (χ0v) is 17.4. The van der Waals surface area contributed by atoms with Gasteiger partial charge >= 0.3 is 0 Å². The number of hydrogen-bond donors (Lipinski definition) is 3. The third kappa shape index (κ3) is 4.26. The average molecular weight is 429 g/mol. The zero-order chi connectivity index (χ0) is 21.3. The molecule has 3 aromatic rings. The number of H-pyrrole nitrogens is 1. The Morgan fingerprint density at radius 1 is 1.27 bits per heavy atom. The van der Waals surface area contributed by atoms with Crippen molar-refractivity contribution in [2.24, 2.45) is 11.1 Å². The highest BCUT2D eigenvalue weighted by atomic mass is 32.2. The molecular formula is C20H24N6O3S. The average Bonchev–Trinajstić information content (AvgIpc) is 3.39. The van der Waals surface area contributed by atoms with E-state index in [0.717, 1.165) is 37.2 Å². The number of hydrogen-bond acceptors (Lipinski definition) is 7. The number of tetrazole rings is 1. The van der Waals surface area contributed by atoms with Crippen LogP contribution < -0.4 is 5.14 Å². The molecule has 4 rings (SSSR count). The second-order valence-electron chi connectivity index (χ2n) is 7.68. The van der Waals surface area contributed by atoms with Crippen molar-refractivity contribution in [2.45, 2.75) is 30.9 Å². The van der Waals surface area contributed by atoms with Crippen molar-refractivity contribution in [1.29, 1.82) is 0 Å². The Morgan fingerprint density at radius 3 is 2.63 bits per heavy atom. The topological polar surface area (TPSA) is 138 Å². The lowest BCUT2D eigenvalue weighted by Gasteiger charge is -2.18. The van der Waals surface area contributed by atoms with Crippen LogP contribution in [0.4, 0.5) is 0 Å². The predicted octanol–water partition coefficient (Wildman–Crippen LogP) is 1.38. The smallest absolute Gasteiger partial charge is 0.238 e. The molecule has 0 aliphatic carbocycles. The molecule has 30 heavy (non-hydrogen) atoms. The molecule has 4 N–H and O–H groups in total. The lowest BCUT2D eigenvalue weighted by Crippen LogP contribution is -2.23. The fraction of sp³-hybridized carbons (Fsp3) is 0.350. The van der Waals surface area contributed by atoms with Gasteiger partial charge in [0.25, 0.3) is 0 Å². The number of aliphatic hydroxyl groups excluding tert-OH is 1. The van der Waals surface area contributed by atoms with Crippen LogP contribution in [-0.2, 0) is 16.6 Å². The minimum atomic E-state index is -3.98. The summed E-state index contributed by atoms with van der Waals surface area (Å²) in [6.45, 7) is 4.51. The summed E-state index contributed by atoms with van der Waals surface area (Å²) in [5.74, 6) is 0.489. The number of nitrogens with two attached hydrogens (primary N) is 1. The highest BCUT2D eigenvalue weighted by molar-refractivity contribution is 7.89. The maximum absolute atomic E-state index is 12.1. The molecule has 1 aliphatic rings. The summed E-state index contributed by atoms with van der Waals surface area (Å²) in [6.07, 6.45) is 0.719. The van der Waals surface area contributed by atoms with Gasteiger partial charge in [-0.15, -0.1) is 10.2 Å². The Bertz CT molecular complexity index is 1110. The van der Waals surface area contributed by atoms with E-state index in [1.807, 2.05) is 37.3 Å². The molecule has 2 atom stereocenters. The summed E-state index contributed by atoms with van der Waals surface area (Å²) in [7, 11) is -3.98. The second-order valence-corrected chi connectivity index (χ2v) is 9.21. The summed E-state index contributed by atoms with van der Waals surface area (Å²) in [5, 5.41) is 29.0. The molecule has 2 heterocycles. The van der Waals surface area contributed by atoms with Crippen molar-refractivity contribution < 1.29 is 13.5 Å². The first-order valence-corrected chi connectivity index (χ1v) is 11.3. The van der Waals surface area contributed by atoms with E-state index < -0.39 is 10.0 Å². The van der Waals surface area contributed by atoms with Crippen LogP contribution in [0.25, 0.3) is 22.5 Å². The van der Waals surface area contributed by atoms with Gasteiger partial charge in [-0.3, -0.25) is 4.90 Å². The largest absolute Gasteiger partial charge is 0.393 e. The minimum Gasteiger partial charge on any atom is -0.393 e. The lowest BCUT2D eigenvalue weighted by molar-refractivity contribution is 0.127. The Morgan fingerprint density at radius 2 is 2.03 bits per heavy atom. The molecule has 158 valence electrons. The molecule has 10 heteroatoms. The number of aromatic amines is 1. The molecular weight excluding hydrogens is 404 g/mol. The van der Waals surface area contributed by atoms with Gasteiger partial charge in [0.05, 0.1) is 16.6 Å². The monoisotopic (exact) mass is 428 g/mol. The van der Waals surface area contributed by atoms with E-state index in [1.165, 1.54) is 6.07 Å². The van der Waals surface area contributed by atoms with Gasteiger partial charge in [0, 0.05) is 13.1 Å². The van der Waals surface area contributed by atoms with E-state index in [1.54, 1.807) is 6.07 Å². The molecule has 0 bridgehead atoms. The standard InChI is InChI=1S/C20H24N6O3S/c1-13(27)16-9-10-26(12-16)11-14-5-7-15(8-6-14)17-3-2-4-18(30(21,28)29)19(17)20-22-24-25-23-20/h2-8,13,16,27H,9-12H2,1H3,(H2,21,28,29)(H,22,23,24,25). The Kier molecular flexibility index (Phi) is 5.65. The molecule has 0 radical (unpaired) electrons. The van der Waals surface area contributed by atoms with E-state index >= 15 is 0 Å². The van der Waals surface area contributed by atoms with Gasteiger partial charge in [0.15, 0.2) is 0 Å². The minimum absolute atomic E-state index is 0.0493. The fourth-order valence-electron chi connectivity index (χ4n) is 3.96. The number of sulfonamides is 1. The van der Waals surface area contributed by atoms with Crippen LogP contribution in [0.1, 0.15) is 18.9 Å². The Hall–Kier alpha value is -2.66. The second kappa shape index (κ2) is 8.23. The van der Waals surface area contributed by atoms with E-state index in [2.05, 4.69) is 25.5 Å². The molecule has 1 aliphatic heterocycles. The maximum Gasteiger partial charge on any atom is 0.238 e. The number of benzene rings is 2. The molecule has 2 aromatic carbocycles. The SMILES string of the molecule is CC(O)C1CCN(Cc2ccc(-c3cccc(S(N)(=O)=O)c3-c3nn[nH]n3)cc2)C1. The quantitative estimate of drug-likeness (QED) is 0.539. The number of nitrogens with one attached hydrogen (secondary N) is 1. The summed E-state index contributed by atoms with van der Waals surface area (Å²) >= 11 is 0. The number of aromatic nitrogens is 4. The lowest BCUT2D eigenvalue weighted by atomic mass is 9.98. The van der Waals surface area contributed by atoms with Crippen LogP contribution in [0.5, 0.6) is 0 Å². The molecule has 2 unspecified atom stereocenters. The first kappa shape index (κ1) is 20.6. The normalized spacial score (nSPS) is 18.6. The van der Waals surface area contributed by atoms with Crippen molar-refractivity contribution in [3.63, 3.8) is 0 Å². The molecule has 1 saturated heterocycles.